The van der Waals surface area contributed by atoms with Crippen molar-refractivity contribution in [2.45, 2.75) is 19.8 Å². The largest absolute Gasteiger partial charge is 0.490 e. The van der Waals surface area contributed by atoms with Gasteiger partial charge in [0.05, 0.1) is 13.2 Å². The summed E-state index contributed by atoms with van der Waals surface area (Å²) in [4.78, 5) is 0. The second-order valence-corrected chi connectivity index (χ2v) is 4.61. The molecule has 0 atom stereocenters. The summed E-state index contributed by atoms with van der Waals surface area (Å²) in [5.41, 5.74) is 2.55. The number of benzene rings is 1. The minimum absolute atomic E-state index is 0.735. The maximum Gasteiger partial charge on any atom is 0.161 e. The molecule has 0 N–H and O–H groups in total. The van der Waals surface area contributed by atoms with Crippen molar-refractivity contribution in [3.05, 3.63) is 29.3 Å². The van der Waals surface area contributed by atoms with Crippen molar-refractivity contribution in [2.24, 2.45) is 0 Å². The van der Waals surface area contributed by atoms with E-state index in [4.69, 9.17) is 9.47 Å². The van der Waals surface area contributed by atoms with Crippen LogP contribution in [0.25, 0.3) is 6.08 Å². The molecular formula is C14H17BrO2. The molecule has 0 bridgehead atoms. The number of halogens is 1. The molecule has 2 rings (SSSR count). The Hall–Kier alpha value is -0.960. The molecule has 3 heteroatoms. The zero-order valence-corrected chi connectivity index (χ0v) is 11.6. The van der Waals surface area contributed by atoms with Gasteiger partial charge in [0.1, 0.15) is 0 Å². The van der Waals surface area contributed by atoms with Crippen LogP contribution >= 0.6 is 15.9 Å². The van der Waals surface area contributed by atoms with Crippen LogP contribution in [-0.2, 0) is 0 Å². The Balaban J connectivity index is 2.26. The topological polar surface area (TPSA) is 18.5 Å². The van der Waals surface area contributed by atoms with Gasteiger partial charge in [-0.25, -0.2) is 0 Å². The Morgan fingerprint density at radius 3 is 2.76 bits per heavy atom. The minimum atomic E-state index is 0.735. The molecule has 0 radical (unpaired) electrons. The van der Waals surface area contributed by atoms with Crippen LogP contribution < -0.4 is 9.47 Å². The van der Waals surface area contributed by atoms with E-state index in [9.17, 15) is 0 Å². The van der Waals surface area contributed by atoms with Crippen molar-refractivity contribution in [1.29, 1.82) is 0 Å². The zero-order valence-electron chi connectivity index (χ0n) is 10.0. The highest BCUT2D eigenvalue weighted by molar-refractivity contribution is 9.09. The van der Waals surface area contributed by atoms with Crippen molar-refractivity contribution in [3.63, 3.8) is 0 Å². The van der Waals surface area contributed by atoms with E-state index in [0.717, 1.165) is 42.9 Å². The highest BCUT2D eigenvalue weighted by atomic mass is 79.9. The van der Waals surface area contributed by atoms with Gasteiger partial charge in [0.25, 0.3) is 0 Å². The summed E-state index contributed by atoms with van der Waals surface area (Å²) >= 11 is 3.50. The molecule has 0 aromatic heterocycles. The van der Waals surface area contributed by atoms with E-state index >= 15 is 0 Å². The van der Waals surface area contributed by atoms with E-state index in [1.165, 1.54) is 11.1 Å². The van der Waals surface area contributed by atoms with Crippen molar-refractivity contribution in [3.8, 4) is 11.5 Å². The van der Waals surface area contributed by atoms with E-state index in [-0.39, 0.29) is 0 Å². The fourth-order valence-electron chi connectivity index (χ4n) is 1.74. The molecule has 1 aliphatic rings. The molecule has 0 aliphatic carbocycles. The molecular weight excluding hydrogens is 280 g/mol. The molecule has 1 heterocycles. The third-order valence-electron chi connectivity index (χ3n) is 2.77. The van der Waals surface area contributed by atoms with Crippen LogP contribution in [0.3, 0.4) is 0 Å². The van der Waals surface area contributed by atoms with Crippen LogP contribution in [0, 0.1) is 0 Å². The average molecular weight is 297 g/mol. The summed E-state index contributed by atoms with van der Waals surface area (Å²) in [5.74, 6) is 1.72. The van der Waals surface area contributed by atoms with Crippen molar-refractivity contribution in [1.82, 2.24) is 0 Å². The quantitative estimate of drug-likeness (QED) is 0.784. The Kier molecular flexibility index (Phi) is 4.49. The third-order valence-corrected chi connectivity index (χ3v) is 3.49. The first kappa shape index (κ1) is 12.5. The maximum absolute atomic E-state index is 5.67. The molecule has 92 valence electrons. The van der Waals surface area contributed by atoms with Gasteiger partial charge < -0.3 is 9.47 Å². The van der Waals surface area contributed by atoms with Gasteiger partial charge in [0, 0.05) is 11.8 Å². The molecule has 17 heavy (non-hydrogen) atoms. The molecule has 0 saturated carbocycles. The van der Waals surface area contributed by atoms with Gasteiger partial charge in [0.2, 0.25) is 0 Å². The lowest BCUT2D eigenvalue weighted by molar-refractivity contribution is 0.297. The fraction of sp³-hybridized carbons (Fsp3) is 0.429. The zero-order chi connectivity index (χ0) is 12.1. The van der Waals surface area contributed by atoms with Gasteiger partial charge in [-0.2, -0.15) is 0 Å². The monoisotopic (exact) mass is 296 g/mol. The van der Waals surface area contributed by atoms with Gasteiger partial charge >= 0.3 is 0 Å². The van der Waals surface area contributed by atoms with Gasteiger partial charge in [-0.15, -0.1) is 0 Å². The van der Waals surface area contributed by atoms with Crippen molar-refractivity contribution < 1.29 is 9.47 Å². The van der Waals surface area contributed by atoms with E-state index in [1.807, 2.05) is 6.07 Å². The van der Waals surface area contributed by atoms with E-state index in [1.54, 1.807) is 0 Å². The molecule has 0 amide bonds. The minimum Gasteiger partial charge on any atom is -0.490 e. The normalized spacial score (nSPS) is 15.5. The second kappa shape index (κ2) is 6.10. The maximum atomic E-state index is 5.67. The predicted octanol–water partition coefficient (Wildman–Crippen LogP) is 4.04. The summed E-state index contributed by atoms with van der Waals surface area (Å²) in [7, 11) is 0. The van der Waals surface area contributed by atoms with E-state index < -0.39 is 0 Å². The second-order valence-electron chi connectivity index (χ2n) is 4.05. The summed E-state index contributed by atoms with van der Waals surface area (Å²) in [5, 5.41) is 0.915. The summed E-state index contributed by atoms with van der Waals surface area (Å²) in [6, 6.07) is 6.12. The molecule has 0 unspecified atom stereocenters. The number of alkyl halides is 1. The Bertz CT molecular complexity index is 407. The standard InChI is InChI=1S/C14H17BrO2/c1-2-11(10-15)8-12-4-5-13-14(9-12)17-7-3-6-16-13/h4-5,8-9H,2-3,6-7,10H2,1H3. The van der Waals surface area contributed by atoms with Crippen molar-refractivity contribution in [2.75, 3.05) is 18.5 Å². The van der Waals surface area contributed by atoms with Crippen LogP contribution in [0.4, 0.5) is 0 Å². The first-order chi connectivity index (χ1) is 8.33. The fourth-order valence-corrected chi connectivity index (χ4v) is 2.30. The molecule has 1 aromatic rings. The van der Waals surface area contributed by atoms with Crippen LogP contribution in [0.1, 0.15) is 25.3 Å². The van der Waals surface area contributed by atoms with Crippen LogP contribution in [-0.4, -0.2) is 18.5 Å². The van der Waals surface area contributed by atoms with Gasteiger partial charge in [-0.1, -0.05) is 40.6 Å². The Morgan fingerprint density at radius 1 is 1.29 bits per heavy atom. The average Bonchev–Trinajstić information content (AvgIpc) is 2.60. The molecule has 0 spiro atoms. The predicted molar refractivity (Wildman–Crippen MR) is 74.1 cm³/mol. The third kappa shape index (κ3) is 3.25. The smallest absolute Gasteiger partial charge is 0.161 e. The van der Waals surface area contributed by atoms with Gasteiger partial charge in [-0.05, 0) is 24.1 Å². The molecule has 1 aromatic carbocycles. The lowest BCUT2D eigenvalue weighted by Gasteiger charge is -2.08. The Morgan fingerprint density at radius 2 is 2.06 bits per heavy atom. The molecule has 0 saturated heterocycles. The first-order valence-electron chi connectivity index (χ1n) is 5.98. The number of fused-ring (bicyclic) bond motifs is 1. The number of rotatable bonds is 3. The van der Waals surface area contributed by atoms with Crippen LogP contribution in [0.2, 0.25) is 0 Å². The number of ether oxygens (including phenoxy) is 2. The van der Waals surface area contributed by atoms with Crippen LogP contribution in [0.5, 0.6) is 11.5 Å². The van der Waals surface area contributed by atoms with Gasteiger partial charge in [0.15, 0.2) is 11.5 Å². The SMILES string of the molecule is CCC(=Cc1ccc2c(c1)OCCCO2)CBr. The summed E-state index contributed by atoms with van der Waals surface area (Å²) < 4.78 is 11.3. The molecule has 0 fully saturated rings. The van der Waals surface area contributed by atoms with E-state index in [2.05, 4.69) is 41.1 Å². The summed E-state index contributed by atoms with van der Waals surface area (Å²) in [6.45, 7) is 3.64. The molecule has 1 aliphatic heterocycles. The lowest BCUT2D eigenvalue weighted by Crippen LogP contribution is -1.97. The summed E-state index contributed by atoms with van der Waals surface area (Å²) in [6.07, 6.45) is 4.20. The number of hydrogen-bond acceptors (Lipinski definition) is 2. The van der Waals surface area contributed by atoms with Crippen molar-refractivity contribution >= 4 is 22.0 Å². The van der Waals surface area contributed by atoms with Gasteiger partial charge in [-0.3, -0.25) is 0 Å². The van der Waals surface area contributed by atoms with E-state index in [0.29, 0.717) is 0 Å². The highest BCUT2D eigenvalue weighted by Gasteiger charge is 2.09. The lowest BCUT2D eigenvalue weighted by atomic mass is 10.1. The highest BCUT2D eigenvalue weighted by Crippen LogP contribution is 2.31. The van der Waals surface area contributed by atoms with Crippen LogP contribution in [0.15, 0.2) is 23.8 Å². The number of hydrogen-bond donors (Lipinski definition) is 0. The molecule has 2 nitrogen and oxygen atoms in total. The first-order valence-corrected chi connectivity index (χ1v) is 7.10. The number of allylic oxidation sites excluding steroid dienone is 1. The Labute approximate surface area is 111 Å².